The van der Waals surface area contributed by atoms with E-state index in [-0.39, 0.29) is 24.1 Å². The predicted octanol–water partition coefficient (Wildman–Crippen LogP) is 7.99. The van der Waals surface area contributed by atoms with E-state index in [4.69, 9.17) is 5.73 Å². The highest BCUT2D eigenvalue weighted by atomic mass is 32.2. The summed E-state index contributed by atoms with van der Waals surface area (Å²) in [5.74, 6) is 0.375. The monoisotopic (exact) mass is 605 g/mol. The van der Waals surface area contributed by atoms with Crippen molar-refractivity contribution in [3.05, 3.63) is 101 Å². The lowest BCUT2D eigenvalue weighted by Gasteiger charge is -2.35. The highest BCUT2D eigenvalue weighted by Gasteiger charge is 2.23. The fraction of sp³-hybridized carbons (Fsp3) is 0.429. The van der Waals surface area contributed by atoms with Crippen molar-refractivity contribution in [3.8, 4) is 5.69 Å². The third-order valence-electron chi connectivity index (χ3n) is 7.78. The summed E-state index contributed by atoms with van der Waals surface area (Å²) in [6.07, 6.45) is 16.0. The minimum atomic E-state index is -0.0955. The SMILES string of the molecule is CC.CSF.Cc1cn(-c2cc(CN3CCC(N)C(C)C3)cc(NC(=O)c3ccc(C)c(CC4=CCCC=C4)c3)c2)cn1. The lowest BCUT2D eigenvalue weighted by Crippen LogP contribution is -2.45. The van der Waals surface area contributed by atoms with Crippen molar-refractivity contribution in [2.45, 2.75) is 72.9 Å². The van der Waals surface area contributed by atoms with Crippen LogP contribution in [0.4, 0.5) is 9.57 Å². The van der Waals surface area contributed by atoms with Crippen LogP contribution in [0.1, 0.15) is 72.8 Å². The second-order valence-corrected chi connectivity index (χ2v) is 11.5. The van der Waals surface area contributed by atoms with Gasteiger partial charge in [-0.3, -0.25) is 9.69 Å². The summed E-state index contributed by atoms with van der Waals surface area (Å²) in [6.45, 7) is 13.1. The molecule has 6 nitrogen and oxygen atoms in total. The minimum Gasteiger partial charge on any atom is -0.327 e. The summed E-state index contributed by atoms with van der Waals surface area (Å²) >= 11 is 0.250. The number of imidazole rings is 1. The number of aromatic nitrogens is 2. The van der Waals surface area contributed by atoms with Gasteiger partial charge < -0.3 is 15.6 Å². The molecule has 43 heavy (non-hydrogen) atoms. The highest BCUT2D eigenvalue weighted by molar-refractivity contribution is 7.93. The van der Waals surface area contributed by atoms with Crippen LogP contribution in [-0.2, 0) is 13.0 Å². The van der Waals surface area contributed by atoms with Crippen LogP contribution in [0.15, 0.2) is 72.7 Å². The Labute approximate surface area is 261 Å². The fourth-order valence-electron chi connectivity index (χ4n) is 5.43. The number of allylic oxidation sites excluding steroid dienone is 4. The number of piperidine rings is 1. The minimum absolute atomic E-state index is 0.0955. The number of carbonyl (C=O) groups excluding carboxylic acids is 1. The van der Waals surface area contributed by atoms with Crippen molar-refractivity contribution in [2.75, 3.05) is 24.7 Å². The number of nitrogens with zero attached hydrogens (tertiary/aromatic N) is 3. The topological polar surface area (TPSA) is 76.2 Å². The fourth-order valence-corrected chi connectivity index (χ4v) is 5.43. The molecule has 1 fully saturated rings. The van der Waals surface area contributed by atoms with Crippen molar-refractivity contribution < 1.29 is 8.68 Å². The summed E-state index contributed by atoms with van der Waals surface area (Å²) in [6, 6.07) is 12.6. The number of amides is 1. The van der Waals surface area contributed by atoms with E-state index in [0.29, 0.717) is 11.5 Å². The van der Waals surface area contributed by atoms with E-state index in [1.54, 1.807) is 0 Å². The first kappa shape index (κ1) is 34.3. The van der Waals surface area contributed by atoms with Gasteiger partial charge in [-0.1, -0.05) is 45.1 Å². The molecule has 1 amide bonds. The molecular formula is C35H48FN5OS. The van der Waals surface area contributed by atoms with Crippen LogP contribution in [0, 0.1) is 19.8 Å². The number of hydrogen-bond donors (Lipinski definition) is 2. The molecule has 2 aliphatic rings. The van der Waals surface area contributed by atoms with Gasteiger partial charge in [0, 0.05) is 60.7 Å². The number of nitrogens with two attached hydrogens (primary N) is 1. The summed E-state index contributed by atoms with van der Waals surface area (Å²) in [5.41, 5.74) is 14.5. The van der Waals surface area contributed by atoms with Gasteiger partial charge in [-0.15, -0.1) is 0 Å². The Morgan fingerprint density at radius 1 is 1.16 bits per heavy atom. The average molecular weight is 606 g/mol. The zero-order chi connectivity index (χ0) is 31.4. The normalized spacial score (nSPS) is 18.1. The number of nitrogens with one attached hydrogen (secondary N) is 1. The molecule has 1 aliphatic heterocycles. The molecule has 0 bridgehead atoms. The number of benzene rings is 2. The smallest absolute Gasteiger partial charge is 0.255 e. The molecule has 0 saturated carbocycles. The van der Waals surface area contributed by atoms with Gasteiger partial charge in [0.2, 0.25) is 0 Å². The third-order valence-corrected chi connectivity index (χ3v) is 7.78. The molecule has 5 rings (SSSR count). The van der Waals surface area contributed by atoms with Gasteiger partial charge in [-0.05, 0) is 105 Å². The number of likely N-dealkylation sites (tertiary alicyclic amines) is 1. The van der Waals surface area contributed by atoms with Crippen molar-refractivity contribution >= 4 is 23.7 Å². The molecule has 8 heteroatoms. The molecule has 0 radical (unpaired) electrons. The van der Waals surface area contributed by atoms with E-state index in [9.17, 15) is 8.68 Å². The van der Waals surface area contributed by atoms with Crippen molar-refractivity contribution in [1.82, 2.24) is 14.5 Å². The van der Waals surface area contributed by atoms with E-state index in [0.717, 1.165) is 67.9 Å². The van der Waals surface area contributed by atoms with Crippen LogP contribution in [0.3, 0.4) is 0 Å². The number of rotatable bonds is 7. The van der Waals surface area contributed by atoms with Gasteiger partial charge >= 0.3 is 0 Å². The highest BCUT2D eigenvalue weighted by Crippen LogP contribution is 2.24. The zero-order valence-corrected chi connectivity index (χ0v) is 27.4. The largest absolute Gasteiger partial charge is 0.327 e. The lowest BCUT2D eigenvalue weighted by atomic mass is 9.94. The van der Waals surface area contributed by atoms with Crippen LogP contribution in [0.2, 0.25) is 0 Å². The predicted molar refractivity (Wildman–Crippen MR) is 181 cm³/mol. The Bertz CT molecular complexity index is 1400. The number of anilines is 1. The van der Waals surface area contributed by atoms with E-state index in [1.807, 2.05) is 56.1 Å². The number of hydrogen-bond acceptors (Lipinski definition) is 5. The van der Waals surface area contributed by atoms with Crippen LogP contribution >= 0.6 is 12.1 Å². The van der Waals surface area contributed by atoms with E-state index in [2.05, 4.69) is 65.5 Å². The summed E-state index contributed by atoms with van der Waals surface area (Å²) in [5, 5.41) is 3.18. The Morgan fingerprint density at radius 2 is 1.93 bits per heavy atom. The number of halogens is 1. The maximum atomic E-state index is 13.4. The first-order valence-corrected chi connectivity index (χ1v) is 16.4. The second kappa shape index (κ2) is 17.2. The van der Waals surface area contributed by atoms with E-state index in [1.165, 1.54) is 23.0 Å². The third kappa shape index (κ3) is 10.2. The molecule has 232 valence electrons. The Balaban J connectivity index is 0.000000953. The van der Waals surface area contributed by atoms with Crippen LogP contribution in [-0.4, -0.2) is 45.7 Å². The Morgan fingerprint density at radius 3 is 2.58 bits per heavy atom. The van der Waals surface area contributed by atoms with Crippen LogP contribution in [0.25, 0.3) is 5.69 Å². The molecule has 2 unspecified atom stereocenters. The van der Waals surface area contributed by atoms with Gasteiger partial charge in [0.25, 0.3) is 5.91 Å². The standard InChI is InChI=1S/C32H39N5O.C2H6.CH3FS/c1-22-9-10-27(16-28(22)13-25-7-5-4-6-8-25)32(38)35-29-14-26(20-36-12-11-31(33)23(2)18-36)15-30(17-29)37-19-24(3)34-21-37;1-2;1-3-2/h5,7-10,14-17,19,21,23,31H,4,6,11-13,18,20,33H2,1-3H3,(H,35,38);1-2H3;1H3. The molecule has 3 N–H and O–H groups in total. The van der Waals surface area contributed by atoms with Crippen molar-refractivity contribution in [2.24, 2.45) is 11.7 Å². The second-order valence-electron chi connectivity index (χ2n) is 11.2. The molecule has 1 aromatic heterocycles. The van der Waals surface area contributed by atoms with Crippen LogP contribution in [0.5, 0.6) is 0 Å². The van der Waals surface area contributed by atoms with Gasteiger partial charge in [0.15, 0.2) is 0 Å². The molecule has 2 heterocycles. The van der Waals surface area contributed by atoms with E-state index < -0.39 is 0 Å². The van der Waals surface area contributed by atoms with Crippen molar-refractivity contribution in [3.63, 3.8) is 0 Å². The number of aryl methyl sites for hydroxylation is 2. The van der Waals surface area contributed by atoms with Gasteiger partial charge in [0.1, 0.15) is 0 Å². The van der Waals surface area contributed by atoms with Gasteiger partial charge in [-0.25, -0.2) is 4.98 Å². The van der Waals surface area contributed by atoms with Gasteiger partial charge in [0.05, 0.1) is 12.0 Å². The molecule has 0 spiro atoms. The molecule has 1 aliphatic carbocycles. The summed E-state index contributed by atoms with van der Waals surface area (Å²) < 4.78 is 12.2. The van der Waals surface area contributed by atoms with E-state index >= 15 is 0 Å². The molecule has 3 aromatic rings. The molecule has 2 atom stereocenters. The average Bonchev–Trinajstić information content (AvgIpc) is 3.44. The summed E-state index contributed by atoms with van der Waals surface area (Å²) in [7, 11) is 0. The first-order chi connectivity index (χ1) is 20.7. The maximum Gasteiger partial charge on any atom is 0.255 e. The molecular weight excluding hydrogens is 557 g/mol. The number of carbonyl (C=O) groups is 1. The molecule has 2 aromatic carbocycles. The first-order valence-electron chi connectivity index (χ1n) is 15.3. The maximum absolute atomic E-state index is 13.4. The van der Waals surface area contributed by atoms with Gasteiger partial charge in [-0.2, -0.15) is 3.89 Å². The zero-order valence-electron chi connectivity index (χ0n) is 26.6. The van der Waals surface area contributed by atoms with Crippen molar-refractivity contribution in [1.29, 1.82) is 0 Å². The lowest BCUT2D eigenvalue weighted by molar-refractivity contribution is 0.102. The molecule has 1 saturated heterocycles. The Hall–Kier alpha value is -3.20. The Kier molecular flexibility index (Phi) is 13.7. The van der Waals surface area contributed by atoms with Crippen LogP contribution < -0.4 is 11.1 Å². The summed E-state index contributed by atoms with van der Waals surface area (Å²) in [4.78, 5) is 20.3. The quantitative estimate of drug-likeness (QED) is 0.286.